The Hall–Kier alpha value is -1.21. The fourth-order valence-electron chi connectivity index (χ4n) is 2.16. The van der Waals surface area contributed by atoms with Gasteiger partial charge in [-0.1, -0.05) is 11.6 Å². The first-order valence-corrected chi connectivity index (χ1v) is 7.08. The number of anilines is 1. The third kappa shape index (κ3) is 4.38. The van der Waals surface area contributed by atoms with Gasteiger partial charge >= 0.3 is 0 Å². The summed E-state index contributed by atoms with van der Waals surface area (Å²) in [5.74, 6) is -0.745. The molecule has 0 spiro atoms. The average molecular weight is 317 g/mol. The third-order valence-electron chi connectivity index (χ3n) is 3.39. The molecule has 1 amide bonds. The lowest BCUT2D eigenvalue weighted by Gasteiger charge is -2.36. The second-order valence-corrected chi connectivity index (χ2v) is 5.50. The van der Waals surface area contributed by atoms with Crippen molar-refractivity contribution in [2.45, 2.75) is 19.1 Å². The Morgan fingerprint density at radius 2 is 2.38 bits per heavy atom. The van der Waals surface area contributed by atoms with Gasteiger partial charge in [0.05, 0.1) is 30.9 Å². The number of hydrogen-bond donors (Lipinski definition) is 2. The zero-order chi connectivity index (χ0) is 15.4. The summed E-state index contributed by atoms with van der Waals surface area (Å²) in [4.78, 5) is 14.0. The van der Waals surface area contributed by atoms with Crippen molar-refractivity contribution >= 4 is 23.2 Å². The number of nitrogens with one attached hydrogen (secondary N) is 1. The molecule has 21 heavy (non-hydrogen) atoms. The number of carbonyl (C=O) groups is 1. The fourth-order valence-corrected chi connectivity index (χ4v) is 2.35. The minimum atomic E-state index is -0.526. The number of benzene rings is 1. The molecule has 5 nitrogen and oxygen atoms in total. The summed E-state index contributed by atoms with van der Waals surface area (Å²) in [6.07, 6.45) is -0.269. The summed E-state index contributed by atoms with van der Waals surface area (Å²) in [7, 11) is 0. The van der Waals surface area contributed by atoms with Gasteiger partial charge < -0.3 is 15.2 Å². The second-order valence-electron chi connectivity index (χ2n) is 5.09. The SMILES string of the molecule is CC1COC(CO)CN1CC(=O)Nc1ccc(F)c(Cl)c1. The molecule has 1 aromatic carbocycles. The van der Waals surface area contributed by atoms with Gasteiger partial charge in [0, 0.05) is 18.3 Å². The fraction of sp³-hybridized carbons (Fsp3) is 0.500. The second kappa shape index (κ2) is 7.17. The zero-order valence-electron chi connectivity index (χ0n) is 11.7. The standard InChI is InChI=1S/C14H18ClFN2O3/c1-9-8-21-11(7-19)5-18(9)6-14(20)17-10-2-3-13(16)12(15)4-10/h2-4,9,11,19H,5-8H2,1H3,(H,17,20). The number of nitrogens with zero attached hydrogens (tertiary/aromatic N) is 1. The molecule has 0 saturated carbocycles. The van der Waals surface area contributed by atoms with Gasteiger partial charge in [-0.25, -0.2) is 4.39 Å². The maximum absolute atomic E-state index is 13.1. The van der Waals surface area contributed by atoms with E-state index in [9.17, 15) is 9.18 Å². The normalized spacial score (nSPS) is 23.0. The number of carbonyl (C=O) groups excluding carboxylic acids is 1. The molecule has 0 aromatic heterocycles. The molecule has 0 aliphatic carbocycles. The van der Waals surface area contributed by atoms with E-state index in [0.29, 0.717) is 18.8 Å². The van der Waals surface area contributed by atoms with Crippen LogP contribution in [0.4, 0.5) is 10.1 Å². The van der Waals surface area contributed by atoms with E-state index in [2.05, 4.69) is 5.32 Å². The number of amides is 1. The summed E-state index contributed by atoms with van der Waals surface area (Å²) in [5.41, 5.74) is 0.450. The Balaban J connectivity index is 1.92. The lowest BCUT2D eigenvalue weighted by molar-refractivity contribution is -0.122. The van der Waals surface area contributed by atoms with Gasteiger partial charge in [0.25, 0.3) is 0 Å². The Morgan fingerprint density at radius 3 is 3.05 bits per heavy atom. The van der Waals surface area contributed by atoms with Crippen molar-refractivity contribution in [2.24, 2.45) is 0 Å². The molecule has 1 fully saturated rings. The van der Waals surface area contributed by atoms with Crippen LogP contribution in [0.3, 0.4) is 0 Å². The number of rotatable bonds is 4. The monoisotopic (exact) mass is 316 g/mol. The van der Waals surface area contributed by atoms with Crippen molar-refractivity contribution in [3.63, 3.8) is 0 Å². The lowest BCUT2D eigenvalue weighted by Crippen LogP contribution is -2.51. The van der Waals surface area contributed by atoms with E-state index < -0.39 is 5.82 Å². The topological polar surface area (TPSA) is 61.8 Å². The number of morpholine rings is 1. The van der Waals surface area contributed by atoms with Gasteiger partial charge in [0.15, 0.2) is 0 Å². The van der Waals surface area contributed by atoms with Gasteiger partial charge in [0.1, 0.15) is 5.82 Å². The first-order chi connectivity index (χ1) is 9.99. The highest BCUT2D eigenvalue weighted by Crippen LogP contribution is 2.19. The summed E-state index contributed by atoms with van der Waals surface area (Å²) < 4.78 is 18.5. The average Bonchev–Trinajstić information content (AvgIpc) is 2.45. The first kappa shape index (κ1) is 16.2. The van der Waals surface area contributed by atoms with E-state index in [0.717, 1.165) is 0 Å². The summed E-state index contributed by atoms with van der Waals surface area (Å²) in [5, 5.41) is 11.8. The maximum atomic E-state index is 13.1. The molecule has 2 rings (SSSR count). The number of halogens is 2. The number of aliphatic hydroxyl groups excluding tert-OH is 1. The molecular formula is C14H18ClFN2O3. The predicted octanol–water partition coefficient (Wildman–Crippen LogP) is 1.50. The van der Waals surface area contributed by atoms with Crippen LogP contribution >= 0.6 is 11.6 Å². The smallest absolute Gasteiger partial charge is 0.238 e. The van der Waals surface area contributed by atoms with Crippen LogP contribution in [0, 0.1) is 5.82 Å². The van der Waals surface area contributed by atoms with Gasteiger partial charge in [-0.3, -0.25) is 9.69 Å². The van der Waals surface area contributed by atoms with Gasteiger partial charge in [-0.15, -0.1) is 0 Å². The number of ether oxygens (including phenoxy) is 1. The molecule has 116 valence electrons. The molecule has 1 aliphatic heterocycles. The minimum absolute atomic E-state index is 0.0344. The van der Waals surface area contributed by atoms with E-state index >= 15 is 0 Å². The van der Waals surface area contributed by atoms with Crippen LogP contribution in [0.2, 0.25) is 5.02 Å². The summed E-state index contributed by atoms with van der Waals surface area (Å²) in [6, 6.07) is 4.12. The lowest BCUT2D eigenvalue weighted by atomic mass is 10.2. The van der Waals surface area contributed by atoms with Crippen molar-refractivity contribution in [1.29, 1.82) is 0 Å². The van der Waals surface area contributed by atoms with Crippen molar-refractivity contribution in [3.8, 4) is 0 Å². The molecule has 2 atom stereocenters. The quantitative estimate of drug-likeness (QED) is 0.884. The van der Waals surface area contributed by atoms with E-state index in [1.165, 1.54) is 18.2 Å². The van der Waals surface area contributed by atoms with E-state index in [4.69, 9.17) is 21.4 Å². The molecule has 1 heterocycles. The molecule has 1 aliphatic rings. The van der Waals surface area contributed by atoms with Gasteiger partial charge in [-0.05, 0) is 25.1 Å². The first-order valence-electron chi connectivity index (χ1n) is 6.71. The third-order valence-corrected chi connectivity index (χ3v) is 3.68. The molecule has 0 bridgehead atoms. The van der Waals surface area contributed by atoms with Crippen LogP contribution in [0.25, 0.3) is 0 Å². The van der Waals surface area contributed by atoms with Crippen LogP contribution in [-0.2, 0) is 9.53 Å². The predicted molar refractivity (Wildman–Crippen MR) is 77.9 cm³/mol. The van der Waals surface area contributed by atoms with Crippen LogP contribution in [0.1, 0.15) is 6.92 Å². The van der Waals surface area contributed by atoms with E-state index in [1.807, 2.05) is 11.8 Å². The number of hydrogen-bond acceptors (Lipinski definition) is 4. The van der Waals surface area contributed by atoms with Crippen molar-refractivity contribution in [3.05, 3.63) is 29.0 Å². The highest BCUT2D eigenvalue weighted by molar-refractivity contribution is 6.31. The van der Waals surface area contributed by atoms with Crippen LogP contribution in [-0.4, -0.2) is 54.4 Å². The van der Waals surface area contributed by atoms with Gasteiger partial charge in [-0.2, -0.15) is 0 Å². The highest BCUT2D eigenvalue weighted by atomic mass is 35.5. The van der Waals surface area contributed by atoms with Gasteiger partial charge in [0.2, 0.25) is 5.91 Å². The Labute approximate surface area is 127 Å². The summed E-state index contributed by atoms with van der Waals surface area (Å²) >= 11 is 5.67. The molecule has 1 saturated heterocycles. The number of aliphatic hydroxyl groups is 1. The Kier molecular flexibility index (Phi) is 5.52. The zero-order valence-corrected chi connectivity index (χ0v) is 12.4. The van der Waals surface area contributed by atoms with Crippen LogP contribution in [0.5, 0.6) is 0 Å². The van der Waals surface area contributed by atoms with E-state index in [-0.39, 0.29) is 36.2 Å². The van der Waals surface area contributed by atoms with Crippen molar-refractivity contribution in [2.75, 3.05) is 31.6 Å². The van der Waals surface area contributed by atoms with Crippen molar-refractivity contribution in [1.82, 2.24) is 4.90 Å². The maximum Gasteiger partial charge on any atom is 0.238 e. The summed E-state index contributed by atoms with van der Waals surface area (Å²) in [6.45, 7) is 3.03. The Morgan fingerprint density at radius 1 is 1.62 bits per heavy atom. The molecule has 1 aromatic rings. The Bertz CT molecular complexity index is 515. The van der Waals surface area contributed by atoms with Crippen molar-refractivity contribution < 1.29 is 19.0 Å². The van der Waals surface area contributed by atoms with Crippen LogP contribution in [0.15, 0.2) is 18.2 Å². The molecule has 0 radical (unpaired) electrons. The molecule has 2 unspecified atom stereocenters. The highest BCUT2D eigenvalue weighted by Gasteiger charge is 2.27. The molecule has 7 heteroatoms. The minimum Gasteiger partial charge on any atom is -0.394 e. The van der Waals surface area contributed by atoms with Crippen LogP contribution < -0.4 is 5.32 Å². The van der Waals surface area contributed by atoms with E-state index in [1.54, 1.807) is 0 Å². The molecule has 2 N–H and O–H groups in total. The largest absolute Gasteiger partial charge is 0.394 e. The molecular weight excluding hydrogens is 299 g/mol.